The van der Waals surface area contributed by atoms with Crippen molar-refractivity contribution in [2.45, 2.75) is 12.7 Å². The highest BCUT2D eigenvalue weighted by molar-refractivity contribution is 6.00. The molecule has 0 saturated heterocycles. The van der Waals surface area contributed by atoms with Gasteiger partial charge in [0.05, 0.1) is 18.6 Å². The predicted molar refractivity (Wildman–Crippen MR) is 57.1 cm³/mol. The first-order valence-electron chi connectivity index (χ1n) is 5.10. The number of halogens is 3. The van der Waals surface area contributed by atoms with Gasteiger partial charge in [0.2, 0.25) is 0 Å². The topological polar surface area (TPSA) is 39.8 Å². The molecule has 0 bridgehead atoms. The number of alkyl halides is 3. The van der Waals surface area contributed by atoms with E-state index in [4.69, 9.17) is 0 Å². The Balaban J connectivity index is 2.17. The maximum atomic E-state index is 12.2. The minimum atomic E-state index is -4.83. The molecule has 7 heteroatoms. The Labute approximate surface area is 101 Å². The van der Waals surface area contributed by atoms with E-state index in [9.17, 15) is 18.0 Å². The summed E-state index contributed by atoms with van der Waals surface area (Å²) in [5.74, 6) is -1.83. The summed E-state index contributed by atoms with van der Waals surface area (Å²) < 4.78 is 39.9. The van der Waals surface area contributed by atoms with E-state index in [1.54, 1.807) is 24.1 Å². The summed E-state index contributed by atoms with van der Waals surface area (Å²) in [7, 11) is 1.79. The van der Waals surface area contributed by atoms with E-state index < -0.39 is 12.0 Å². The van der Waals surface area contributed by atoms with Gasteiger partial charge < -0.3 is 9.13 Å². The Morgan fingerprint density at radius 3 is 2.72 bits per heavy atom. The molecule has 0 aliphatic rings. The van der Waals surface area contributed by atoms with Crippen LogP contribution in [0, 0.1) is 0 Å². The third-order valence-corrected chi connectivity index (χ3v) is 2.53. The van der Waals surface area contributed by atoms with Gasteiger partial charge in [-0.2, -0.15) is 13.2 Å². The second-order valence-corrected chi connectivity index (χ2v) is 3.90. The van der Waals surface area contributed by atoms with E-state index in [1.165, 1.54) is 17.0 Å². The van der Waals surface area contributed by atoms with E-state index in [1.807, 2.05) is 0 Å². The first-order valence-corrected chi connectivity index (χ1v) is 5.10. The normalized spacial score (nSPS) is 11.8. The molecule has 2 rings (SSSR count). The molecule has 0 atom stereocenters. The maximum Gasteiger partial charge on any atom is 0.454 e. The molecular weight excluding hydrogens is 247 g/mol. The van der Waals surface area contributed by atoms with Crippen LogP contribution in [0.2, 0.25) is 0 Å². The molecule has 2 aromatic rings. The molecule has 2 heterocycles. The van der Waals surface area contributed by atoms with Crippen molar-refractivity contribution < 1.29 is 18.0 Å². The fraction of sp³-hybridized carbons (Fsp3) is 0.273. The Morgan fingerprint density at radius 2 is 2.17 bits per heavy atom. The van der Waals surface area contributed by atoms with Gasteiger partial charge in [-0.1, -0.05) is 0 Å². The quantitative estimate of drug-likeness (QED) is 0.789. The van der Waals surface area contributed by atoms with E-state index >= 15 is 0 Å². The molecule has 0 saturated carbocycles. The highest BCUT2D eigenvalue weighted by Crippen LogP contribution is 2.21. The molecule has 18 heavy (non-hydrogen) atoms. The van der Waals surface area contributed by atoms with E-state index in [0.29, 0.717) is 6.54 Å². The van der Waals surface area contributed by atoms with Crippen LogP contribution in [0.15, 0.2) is 31.0 Å². The lowest BCUT2D eigenvalue weighted by molar-refractivity contribution is -0.0885. The molecule has 0 amide bonds. The summed E-state index contributed by atoms with van der Waals surface area (Å²) in [6.45, 7) is 0.363. The number of aryl methyl sites for hydroxylation is 1. The number of rotatable bonds is 3. The standard InChI is InChI=1S/C11H10F3N3O/c1-16-7-15-4-9(16)6-17-3-2-8(5-17)10(18)11(12,13)14/h2-5,7H,6H2,1H3. The van der Waals surface area contributed by atoms with Gasteiger partial charge >= 0.3 is 6.18 Å². The molecule has 0 aliphatic heterocycles. The molecule has 4 nitrogen and oxygen atoms in total. The lowest BCUT2D eigenvalue weighted by atomic mass is 10.2. The van der Waals surface area contributed by atoms with Gasteiger partial charge in [-0.05, 0) is 6.07 Å². The monoisotopic (exact) mass is 257 g/mol. The van der Waals surface area contributed by atoms with E-state index in [0.717, 1.165) is 11.8 Å². The third kappa shape index (κ3) is 2.44. The minimum Gasteiger partial charge on any atom is -0.348 e. The number of carbonyl (C=O) groups is 1. The summed E-state index contributed by atoms with van der Waals surface area (Å²) in [5, 5.41) is 0. The lowest BCUT2D eigenvalue weighted by Crippen LogP contribution is -2.22. The van der Waals surface area contributed by atoms with Crippen LogP contribution in [0.25, 0.3) is 0 Å². The fourth-order valence-corrected chi connectivity index (χ4v) is 1.56. The van der Waals surface area contributed by atoms with Crippen LogP contribution in [0.3, 0.4) is 0 Å². The maximum absolute atomic E-state index is 12.2. The van der Waals surface area contributed by atoms with Crippen molar-refractivity contribution >= 4 is 5.78 Å². The first kappa shape index (κ1) is 12.4. The van der Waals surface area contributed by atoms with E-state index in [2.05, 4.69) is 4.98 Å². The van der Waals surface area contributed by atoms with Gasteiger partial charge in [-0.15, -0.1) is 0 Å². The van der Waals surface area contributed by atoms with Crippen LogP contribution in [0.5, 0.6) is 0 Å². The highest BCUT2D eigenvalue weighted by atomic mass is 19.4. The van der Waals surface area contributed by atoms with Crippen LogP contribution < -0.4 is 0 Å². The summed E-state index contributed by atoms with van der Waals surface area (Å²) in [5.41, 5.74) is 0.473. The van der Waals surface area contributed by atoms with Crippen molar-refractivity contribution in [2.75, 3.05) is 0 Å². The molecule has 0 radical (unpaired) electrons. The second kappa shape index (κ2) is 4.32. The summed E-state index contributed by atoms with van der Waals surface area (Å²) in [6, 6.07) is 1.16. The summed E-state index contributed by atoms with van der Waals surface area (Å²) >= 11 is 0. The molecule has 96 valence electrons. The van der Waals surface area contributed by atoms with Gasteiger partial charge in [0.25, 0.3) is 5.78 Å². The Hall–Kier alpha value is -2.05. The molecular formula is C11H10F3N3O. The van der Waals surface area contributed by atoms with Crippen molar-refractivity contribution in [1.82, 2.24) is 14.1 Å². The zero-order valence-electron chi connectivity index (χ0n) is 9.48. The Kier molecular flexibility index (Phi) is 2.98. The van der Waals surface area contributed by atoms with Gasteiger partial charge in [0.1, 0.15) is 0 Å². The second-order valence-electron chi connectivity index (χ2n) is 3.90. The summed E-state index contributed by atoms with van der Waals surface area (Å²) in [4.78, 5) is 14.9. The third-order valence-electron chi connectivity index (χ3n) is 2.53. The lowest BCUT2D eigenvalue weighted by Gasteiger charge is -2.04. The van der Waals surface area contributed by atoms with Crippen LogP contribution in [0.1, 0.15) is 16.1 Å². The number of aromatic nitrogens is 3. The minimum absolute atomic E-state index is 0.357. The molecule has 0 unspecified atom stereocenters. The van der Waals surface area contributed by atoms with Crippen molar-refractivity contribution in [3.05, 3.63) is 42.2 Å². The van der Waals surface area contributed by atoms with Crippen molar-refractivity contribution in [3.63, 3.8) is 0 Å². The summed E-state index contributed by atoms with van der Waals surface area (Å²) in [6.07, 6.45) is 0.999. The molecule has 2 aromatic heterocycles. The van der Waals surface area contributed by atoms with Crippen LogP contribution in [-0.4, -0.2) is 26.1 Å². The van der Waals surface area contributed by atoms with Gasteiger partial charge in [0, 0.05) is 31.2 Å². The molecule has 0 spiro atoms. The molecule has 0 aromatic carbocycles. The Bertz CT molecular complexity index is 568. The average Bonchev–Trinajstić information content (AvgIpc) is 2.87. The number of hydrogen-bond acceptors (Lipinski definition) is 2. The molecule has 0 fully saturated rings. The van der Waals surface area contributed by atoms with Crippen LogP contribution >= 0.6 is 0 Å². The van der Waals surface area contributed by atoms with Gasteiger partial charge in [-0.25, -0.2) is 4.98 Å². The van der Waals surface area contributed by atoms with Crippen LogP contribution in [0.4, 0.5) is 13.2 Å². The molecule has 0 N–H and O–H groups in total. The first-order chi connectivity index (χ1) is 8.38. The zero-order valence-corrected chi connectivity index (χ0v) is 9.48. The average molecular weight is 257 g/mol. The number of carbonyl (C=O) groups excluding carboxylic acids is 1. The number of imidazole rings is 1. The van der Waals surface area contributed by atoms with Crippen molar-refractivity contribution in [1.29, 1.82) is 0 Å². The number of nitrogens with zero attached hydrogens (tertiary/aromatic N) is 3. The number of Topliss-reactive ketones (excluding diaryl/α,β-unsaturated/α-hetero) is 1. The van der Waals surface area contributed by atoms with Crippen molar-refractivity contribution in [3.8, 4) is 0 Å². The number of ketones is 1. The SMILES string of the molecule is Cn1cncc1Cn1ccc(C(=O)C(F)(F)F)c1. The molecule has 0 aliphatic carbocycles. The smallest absolute Gasteiger partial charge is 0.348 e. The Morgan fingerprint density at radius 1 is 1.44 bits per heavy atom. The van der Waals surface area contributed by atoms with Crippen LogP contribution in [-0.2, 0) is 13.6 Å². The zero-order chi connectivity index (χ0) is 13.3. The largest absolute Gasteiger partial charge is 0.454 e. The highest BCUT2D eigenvalue weighted by Gasteiger charge is 2.39. The fourth-order valence-electron chi connectivity index (χ4n) is 1.56. The number of hydrogen-bond donors (Lipinski definition) is 0. The van der Waals surface area contributed by atoms with E-state index in [-0.39, 0.29) is 5.56 Å². The predicted octanol–water partition coefficient (Wildman–Crippen LogP) is 2.01. The van der Waals surface area contributed by atoms with Gasteiger partial charge in [0.15, 0.2) is 0 Å². The van der Waals surface area contributed by atoms with Gasteiger partial charge in [-0.3, -0.25) is 4.79 Å². The van der Waals surface area contributed by atoms with Crippen molar-refractivity contribution in [2.24, 2.45) is 7.05 Å².